The number of β-amino-alcohol motifs (C(OH)–C–C–N with tert-alkyl or cyclic N) is 1. The molecule has 0 aliphatic carbocycles. The van der Waals surface area contributed by atoms with Crippen LogP contribution in [0.5, 0.6) is 0 Å². The van der Waals surface area contributed by atoms with Crippen molar-refractivity contribution in [3.63, 3.8) is 0 Å². The van der Waals surface area contributed by atoms with Gasteiger partial charge in [0.05, 0.1) is 18.8 Å². The molecule has 0 aromatic heterocycles. The highest BCUT2D eigenvalue weighted by atomic mass is 19.1. The highest BCUT2D eigenvalue weighted by Gasteiger charge is 2.30. The number of amides is 2. The molecule has 1 aliphatic heterocycles. The predicted molar refractivity (Wildman–Crippen MR) is 76.2 cm³/mol. The highest BCUT2D eigenvalue weighted by Crippen LogP contribution is 2.23. The SMILES string of the molecule is CN(C)c1ccc(NC2=CC(=O)N(CCO)C2=O)cc1F. The van der Waals surface area contributed by atoms with E-state index < -0.39 is 17.6 Å². The van der Waals surface area contributed by atoms with Crippen molar-refractivity contribution in [2.75, 3.05) is 37.5 Å². The summed E-state index contributed by atoms with van der Waals surface area (Å²) < 4.78 is 13.8. The molecule has 0 atom stereocenters. The number of aliphatic hydroxyl groups excluding tert-OH is 1. The number of halogens is 1. The molecule has 112 valence electrons. The van der Waals surface area contributed by atoms with Gasteiger partial charge in [-0.25, -0.2) is 4.39 Å². The molecule has 1 heterocycles. The molecule has 0 unspecified atom stereocenters. The summed E-state index contributed by atoms with van der Waals surface area (Å²) in [6.45, 7) is -0.363. The average Bonchev–Trinajstić information content (AvgIpc) is 2.66. The zero-order valence-electron chi connectivity index (χ0n) is 11.8. The number of anilines is 2. The second-order valence-electron chi connectivity index (χ2n) is 4.76. The van der Waals surface area contributed by atoms with Crippen LogP contribution in [0.1, 0.15) is 0 Å². The topological polar surface area (TPSA) is 72.9 Å². The number of imide groups is 1. The molecule has 1 aliphatic rings. The third-order valence-corrected chi connectivity index (χ3v) is 3.04. The van der Waals surface area contributed by atoms with Gasteiger partial charge in [-0.05, 0) is 18.2 Å². The fourth-order valence-electron chi connectivity index (χ4n) is 2.01. The first kappa shape index (κ1) is 15.0. The normalized spacial score (nSPS) is 14.5. The Balaban J connectivity index is 2.16. The van der Waals surface area contributed by atoms with Gasteiger partial charge in [-0.1, -0.05) is 0 Å². The lowest BCUT2D eigenvalue weighted by atomic mass is 10.2. The van der Waals surface area contributed by atoms with E-state index in [2.05, 4.69) is 5.32 Å². The van der Waals surface area contributed by atoms with Crippen molar-refractivity contribution in [2.45, 2.75) is 0 Å². The van der Waals surface area contributed by atoms with Crippen LogP contribution < -0.4 is 10.2 Å². The van der Waals surface area contributed by atoms with E-state index in [0.29, 0.717) is 11.4 Å². The monoisotopic (exact) mass is 293 g/mol. The van der Waals surface area contributed by atoms with Crippen LogP contribution in [0, 0.1) is 5.82 Å². The first-order valence-electron chi connectivity index (χ1n) is 6.36. The van der Waals surface area contributed by atoms with Gasteiger partial charge in [0, 0.05) is 25.9 Å². The van der Waals surface area contributed by atoms with Gasteiger partial charge in [0.1, 0.15) is 11.5 Å². The summed E-state index contributed by atoms with van der Waals surface area (Å²) in [5.74, 6) is -1.47. The van der Waals surface area contributed by atoms with Crippen LogP contribution in [-0.2, 0) is 9.59 Å². The maximum absolute atomic E-state index is 13.8. The van der Waals surface area contributed by atoms with Crippen molar-refractivity contribution < 1.29 is 19.1 Å². The molecule has 2 amide bonds. The average molecular weight is 293 g/mol. The summed E-state index contributed by atoms with van der Waals surface area (Å²) >= 11 is 0. The fourth-order valence-corrected chi connectivity index (χ4v) is 2.01. The van der Waals surface area contributed by atoms with E-state index in [-0.39, 0.29) is 18.8 Å². The Labute approximate surface area is 121 Å². The Hall–Kier alpha value is -2.41. The Kier molecular flexibility index (Phi) is 4.23. The summed E-state index contributed by atoms with van der Waals surface area (Å²) in [7, 11) is 3.44. The lowest BCUT2D eigenvalue weighted by Gasteiger charge is -2.16. The molecule has 0 fully saturated rings. The van der Waals surface area contributed by atoms with Gasteiger partial charge < -0.3 is 15.3 Å². The van der Waals surface area contributed by atoms with E-state index in [9.17, 15) is 14.0 Å². The minimum atomic E-state index is -0.536. The first-order valence-corrected chi connectivity index (χ1v) is 6.36. The number of carbonyl (C=O) groups excluding carboxylic acids is 2. The molecular weight excluding hydrogens is 277 g/mol. The van der Waals surface area contributed by atoms with Crippen LogP contribution in [0.25, 0.3) is 0 Å². The van der Waals surface area contributed by atoms with E-state index in [4.69, 9.17) is 5.11 Å². The number of hydrogen-bond donors (Lipinski definition) is 2. The highest BCUT2D eigenvalue weighted by molar-refractivity contribution is 6.17. The predicted octanol–water partition coefficient (Wildman–Crippen LogP) is 0.549. The largest absolute Gasteiger partial charge is 0.395 e. The van der Waals surface area contributed by atoms with Crippen molar-refractivity contribution in [1.29, 1.82) is 0 Å². The van der Waals surface area contributed by atoms with E-state index in [1.807, 2.05) is 0 Å². The van der Waals surface area contributed by atoms with Crippen molar-refractivity contribution in [2.24, 2.45) is 0 Å². The van der Waals surface area contributed by atoms with Gasteiger partial charge in [-0.15, -0.1) is 0 Å². The van der Waals surface area contributed by atoms with Crippen LogP contribution in [-0.4, -0.2) is 49.1 Å². The zero-order valence-corrected chi connectivity index (χ0v) is 11.8. The molecule has 0 saturated carbocycles. The molecule has 6 nitrogen and oxygen atoms in total. The third kappa shape index (κ3) is 3.03. The zero-order chi connectivity index (χ0) is 15.6. The molecule has 2 N–H and O–H groups in total. The summed E-state index contributed by atoms with van der Waals surface area (Å²) in [4.78, 5) is 26.1. The van der Waals surface area contributed by atoms with E-state index in [1.54, 1.807) is 31.1 Å². The second kappa shape index (κ2) is 5.92. The maximum atomic E-state index is 13.8. The summed E-state index contributed by atoms with van der Waals surface area (Å²) in [6, 6.07) is 4.44. The Morgan fingerprint density at radius 1 is 1.33 bits per heavy atom. The van der Waals surface area contributed by atoms with Crippen LogP contribution >= 0.6 is 0 Å². The maximum Gasteiger partial charge on any atom is 0.277 e. The second-order valence-corrected chi connectivity index (χ2v) is 4.76. The Morgan fingerprint density at radius 3 is 2.62 bits per heavy atom. The lowest BCUT2D eigenvalue weighted by Crippen LogP contribution is -2.34. The molecule has 0 spiro atoms. The van der Waals surface area contributed by atoms with Crippen molar-refractivity contribution >= 4 is 23.2 Å². The van der Waals surface area contributed by atoms with Crippen LogP contribution in [0.4, 0.5) is 15.8 Å². The summed E-state index contributed by atoms with van der Waals surface area (Å²) in [5, 5.41) is 11.5. The van der Waals surface area contributed by atoms with Gasteiger partial charge in [-0.2, -0.15) is 0 Å². The van der Waals surface area contributed by atoms with Crippen molar-refractivity contribution in [1.82, 2.24) is 4.90 Å². The van der Waals surface area contributed by atoms with Gasteiger partial charge in [0.2, 0.25) is 0 Å². The number of benzene rings is 1. The molecular formula is C14H16FN3O3. The molecule has 0 bridgehead atoms. The van der Waals surface area contributed by atoms with Crippen LogP contribution in [0.15, 0.2) is 30.0 Å². The first-order chi connectivity index (χ1) is 9.93. The number of rotatable bonds is 5. The van der Waals surface area contributed by atoms with Crippen molar-refractivity contribution in [3.8, 4) is 0 Å². The molecule has 1 aromatic carbocycles. The minimum Gasteiger partial charge on any atom is -0.395 e. The standard InChI is InChI=1S/C14H16FN3O3/c1-17(2)12-4-3-9(7-10(12)15)16-11-8-13(20)18(5-6-19)14(11)21/h3-4,7-8,16,19H,5-6H2,1-2H3. The van der Waals surface area contributed by atoms with Gasteiger partial charge >= 0.3 is 0 Å². The van der Waals surface area contributed by atoms with Crippen molar-refractivity contribution in [3.05, 3.63) is 35.8 Å². The van der Waals surface area contributed by atoms with E-state index in [0.717, 1.165) is 11.0 Å². The van der Waals surface area contributed by atoms with Gasteiger partial charge in [0.25, 0.3) is 11.8 Å². The molecule has 1 aromatic rings. The number of hydrogen-bond acceptors (Lipinski definition) is 5. The molecule has 21 heavy (non-hydrogen) atoms. The number of nitrogens with zero attached hydrogens (tertiary/aromatic N) is 2. The fraction of sp³-hybridized carbons (Fsp3) is 0.286. The molecule has 0 saturated heterocycles. The number of aliphatic hydroxyl groups is 1. The van der Waals surface area contributed by atoms with Crippen LogP contribution in [0.2, 0.25) is 0 Å². The lowest BCUT2D eigenvalue weighted by molar-refractivity contribution is -0.137. The Morgan fingerprint density at radius 2 is 2.05 bits per heavy atom. The van der Waals surface area contributed by atoms with Gasteiger partial charge in [0.15, 0.2) is 0 Å². The number of nitrogens with one attached hydrogen (secondary N) is 1. The Bertz CT molecular complexity index is 613. The third-order valence-electron chi connectivity index (χ3n) is 3.04. The summed E-state index contributed by atoms with van der Waals surface area (Å²) in [5.41, 5.74) is 0.854. The van der Waals surface area contributed by atoms with Gasteiger partial charge in [-0.3, -0.25) is 14.5 Å². The molecule has 2 rings (SSSR count). The molecule has 7 heteroatoms. The van der Waals surface area contributed by atoms with E-state index in [1.165, 1.54) is 6.07 Å². The quantitative estimate of drug-likeness (QED) is 0.776. The summed E-state index contributed by atoms with van der Waals surface area (Å²) in [6.07, 6.45) is 1.13. The van der Waals surface area contributed by atoms with E-state index >= 15 is 0 Å². The number of carbonyl (C=O) groups is 2. The van der Waals surface area contributed by atoms with Crippen LogP contribution in [0.3, 0.4) is 0 Å². The molecule has 0 radical (unpaired) electrons. The minimum absolute atomic E-state index is 0.0606. The smallest absolute Gasteiger partial charge is 0.277 e.